The third kappa shape index (κ3) is 5.10. The molecule has 0 aromatic heterocycles. The molecule has 0 amide bonds. The summed E-state index contributed by atoms with van der Waals surface area (Å²) < 4.78 is 43.9. The van der Waals surface area contributed by atoms with Gasteiger partial charge in [-0.25, -0.2) is 0 Å². The molecule has 5 heteroatoms. The first-order valence-corrected chi connectivity index (χ1v) is 8.19. The molecule has 2 nitrogen and oxygen atoms in total. The van der Waals surface area contributed by atoms with Gasteiger partial charge in [0.25, 0.3) is 0 Å². The molecule has 0 atom stereocenters. The number of para-hydroxylation sites is 1. The van der Waals surface area contributed by atoms with Crippen LogP contribution in [0.5, 0.6) is 11.5 Å². The van der Waals surface area contributed by atoms with Gasteiger partial charge in [0, 0.05) is 13.1 Å². The van der Waals surface area contributed by atoms with Crippen molar-refractivity contribution in [2.45, 2.75) is 19.3 Å². The average molecular weight is 357 g/mol. The van der Waals surface area contributed by atoms with Crippen molar-refractivity contribution in [1.29, 1.82) is 0 Å². The molecular weight excluding hydrogens is 339 g/mol. The van der Waals surface area contributed by atoms with Crippen LogP contribution >= 0.6 is 0 Å². The van der Waals surface area contributed by atoms with Crippen LogP contribution in [0.4, 0.5) is 13.2 Å². The first-order valence-electron chi connectivity index (χ1n) is 8.19. The Morgan fingerprint density at radius 2 is 1.35 bits per heavy atom. The van der Waals surface area contributed by atoms with E-state index in [1.807, 2.05) is 54.6 Å². The van der Waals surface area contributed by atoms with E-state index in [0.29, 0.717) is 18.7 Å². The van der Waals surface area contributed by atoms with E-state index >= 15 is 0 Å². The summed E-state index contributed by atoms with van der Waals surface area (Å²) in [5.74, 6) is 1.50. The minimum absolute atomic E-state index is 0.367. The number of ether oxygens (including phenoxy) is 1. The smallest absolute Gasteiger partial charge is 0.416 e. The van der Waals surface area contributed by atoms with Crippen LogP contribution in [0.2, 0.25) is 0 Å². The maximum absolute atomic E-state index is 12.7. The minimum atomic E-state index is -4.31. The van der Waals surface area contributed by atoms with Crippen LogP contribution in [0.1, 0.15) is 16.7 Å². The molecule has 134 valence electrons. The predicted molar refractivity (Wildman–Crippen MR) is 94.9 cm³/mol. The maximum atomic E-state index is 12.7. The molecule has 3 rings (SSSR count). The zero-order chi connectivity index (χ0) is 18.4. The highest BCUT2D eigenvalue weighted by atomic mass is 19.4. The van der Waals surface area contributed by atoms with Crippen LogP contribution < -0.4 is 10.1 Å². The zero-order valence-electron chi connectivity index (χ0n) is 14.0. The van der Waals surface area contributed by atoms with Gasteiger partial charge in [0.1, 0.15) is 11.5 Å². The molecule has 1 N–H and O–H groups in total. The van der Waals surface area contributed by atoms with Crippen LogP contribution in [-0.2, 0) is 19.3 Å². The fourth-order valence-electron chi connectivity index (χ4n) is 2.51. The third-order valence-electron chi connectivity index (χ3n) is 3.81. The van der Waals surface area contributed by atoms with Gasteiger partial charge < -0.3 is 10.1 Å². The molecule has 0 fully saturated rings. The minimum Gasteiger partial charge on any atom is -0.457 e. The third-order valence-corrected chi connectivity index (χ3v) is 3.81. The van der Waals surface area contributed by atoms with E-state index < -0.39 is 11.7 Å². The summed E-state index contributed by atoms with van der Waals surface area (Å²) >= 11 is 0. The lowest BCUT2D eigenvalue weighted by Gasteiger charge is -2.10. The SMILES string of the molecule is FC(F)(F)c1cccc(CNCc2ccc(Oc3ccccc3)cc2)c1. The van der Waals surface area contributed by atoms with Gasteiger partial charge in [-0.05, 0) is 41.5 Å². The number of rotatable bonds is 6. The van der Waals surface area contributed by atoms with E-state index in [1.165, 1.54) is 12.1 Å². The average Bonchev–Trinajstić information content (AvgIpc) is 2.64. The van der Waals surface area contributed by atoms with E-state index in [1.54, 1.807) is 6.07 Å². The van der Waals surface area contributed by atoms with E-state index in [9.17, 15) is 13.2 Å². The summed E-state index contributed by atoms with van der Waals surface area (Å²) in [6.07, 6.45) is -4.31. The number of benzene rings is 3. The molecule has 0 bridgehead atoms. The normalized spacial score (nSPS) is 11.3. The molecule has 0 heterocycles. The van der Waals surface area contributed by atoms with Crippen LogP contribution in [0.25, 0.3) is 0 Å². The second kappa shape index (κ2) is 8.06. The number of hydrogen-bond donors (Lipinski definition) is 1. The summed E-state index contributed by atoms with van der Waals surface area (Å²) in [5, 5.41) is 3.16. The molecule has 26 heavy (non-hydrogen) atoms. The van der Waals surface area contributed by atoms with Crippen molar-refractivity contribution in [2.75, 3.05) is 0 Å². The summed E-state index contributed by atoms with van der Waals surface area (Å²) in [6, 6.07) is 22.4. The molecule has 3 aromatic carbocycles. The van der Waals surface area contributed by atoms with E-state index in [2.05, 4.69) is 5.32 Å². The van der Waals surface area contributed by atoms with Gasteiger partial charge in [-0.3, -0.25) is 0 Å². The number of nitrogens with one attached hydrogen (secondary N) is 1. The highest BCUT2D eigenvalue weighted by Crippen LogP contribution is 2.29. The lowest BCUT2D eigenvalue weighted by molar-refractivity contribution is -0.137. The van der Waals surface area contributed by atoms with Gasteiger partial charge in [0.05, 0.1) is 5.56 Å². The number of hydrogen-bond acceptors (Lipinski definition) is 2. The van der Waals surface area contributed by atoms with Gasteiger partial charge in [-0.15, -0.1) is 0 Å². The molecule has 3 aromatic rings. The fourth-order valence-corrected chi connectivity index (χ4v) is 2.51. The Hall–Kier alpha value is -2.79. The Morgan fingerprint density at radius 1 is 0.692 bits per heavy atom. The predicted octanol–water partition coefficient (Wildman–Crippen LogP) is 5.79. The first kappa shape index (κ1) is 18.0. The van der Waals surface area contributed by atoms with Crippen molar-refractivity contribution in [3.63, 3.8) is 0 Å². The molecular formula is C21H18F3NO. The zero-order valence-corrected chi connectivity index (χ0v) is 14.0. The Bertz CT molecular complexity index is 830. The Labute approximate surface area is 150 Å². The van der Waals surface area contributed by atoms with Crippen molar-refractivity contribution in [3.05, 3.63) is 95.6 Å². The largest absolute Gasteiger partial charge is 0.457 e. The quantitative estimate of drug-likeness (QED) is 0.603. The van der Waals surface area contributed by atoms with Crippen molar-refractivity contribution >= 4 is 0 Å². The monoisotopic (exact) mass is 357 g/mol. The summed E-state index contributed by atoms with van der Waals surface area (Å²) in [6.45, 7) is 0.925. The Kier molecular flexibility index (Phi) is 5.58. The summed E-state index contributed by atoms with van der Waals surface area (Å²) in [5.41, 5.74) is 1.00. The summed E-state index contributed by atoms with van der Waals surface area (Å²) in [4.78, 5) is 0. The van der Waals surface area contributed by atoms with Crippen LogP contribution in [0.15, 0.2) is 78.9 Å². The van der Waals surface area contributed by atoms with Gasteiger partial charge in [-0.2, -0.15) is 13.2 Å². The van der Waals surface area contributed by atoms with Gasteiger partial charge in [-0.1, -0.05) is 48.5 Å². The Balaban J connectivity index is 1.52. The topological polar surface area (TPSA) is 21.3 Å². The molecule has 0 spiro atoms. The Morgan fingerprint density at radius 3 is 2.04 bits per heavy atom. The number of halogens is 3. The van der Waals surface area contributed by atoms with Crippen molar-refractivity contribution < 1.29 is 17.9 Å². The highest BCUT2D eigenvalue weighted by molar-refractivity contribution is 5.33. The van der Waals surface area contributed by atoms with E-state index in [-0.39, 0.29) is 0 Å². The van der Waals surface area contributed by atoms with E-state index in [4.69, 9.17) is 4.74 Å². The molecule has 0 aliphatic rings. The standard InChI is InChI=1S/C21H18F3NO/c22-21(23,24)18-6-4-5-17(13-18)15-25-14-16-9-11-20(12-10-16)26-19-7-2-1-3-8-19/h1-13,25H,14-15H2. The van der Waals surface area contributed by atoms with Gasteiger partial charge in [0.15, 0.2) is 0 Å². The van der Waals surface area contributed by atoms with E-state index in [0.717, 1.165) is 23.1 Å². The van der Waals surface area contributed by atoms with Crippen molar-refractivity contribution in [2.24, 2.45) is 0 Å². The lowest BCUT2D eigenvalue weighted by atomic mass is 10.1. The summed E-state index contributed by atoms with van der Waals surface area (Å²) in [7, 11) is 0. The fraction of sp³-hybridized carbons (Fsp3) is 0.143. The second-order valence-corrected chi connectivity index (χ2v) is 5.86. The van der Waals surface area contributed by atoms with Crippen LogP contribution in [-0.4, -0.2) is 0 Å². The highest BCUT2D eigenvalue weighted by Gasteiger charge is 2.30. The second-order valence-electron chi connectivity index (χ2n) is 5.86. The molecule has 0 unspecified atom stereocenters. The lowest BCUT2D eigenvalue weighted by Crippen LogP contribution is -2.13. The molecule has 0 radical (unpaired) electrons. The molecule has 0 saturated heterocycles. The van der Waals surface area contributed by atoms with Crippen molar-refractivity contribution in [1.82, 2.24) is 5.32 Å². The van der Waals surface area contributed by atoms with Crippen LogP contribution in [0, 0.1) is 0 Å². The number of alkyl halides is 3. The van der Waals surface area contributed by atoms with Gasteiger partial charge >= 0.3 is 6.18 Å². The maximum Gasteiger partial charge on any atom is 0.416 e. The molecule has 0 aliphatic heterocycles. The van der Waals surface area contributed by atoms with Gasteiger partial charge in [0.2, 0.25) is 0 Å². The molecule has 0 saturated carbocycles. The van der Waals surface area contributed by atoms with Crippen molar-refractivity contribution in [3.8, 4) is 11.5 Å². The van der Waals surface area contributed by atoms with Crippen LogP contribution in [0.3, 0.4) is 0 Å². The molecule has 0 aliphatic carbocycles. The first-order chi connectivity index (χ1) is 12.5.